The highest BCUT2D eigenvalue weighted by Crippen LogP contribution is 2.22. The van der Waals surface area contributed by atoms with Gasteiger partial charge >= 0.3 is 0 Å². The molecule has 0 aliphatic carbocycles. The fourth-order valence-corrected chi connectivity index (χ4v) is 3.24. The van der Waals surface area contributed by atoms with Gasteiger partial charge in [0.2, 0.25) is 5.95 Å². The van der Waals surface area contributed by atoms with E-state index in [1.165, 1.54) is 24.9 Å². The van der Waals surface area contributed by atoms with Gasteiger partial charge in [-0.15, -0.1) is 0 Å². The van der Waals surface area contributed by atoms with Gasteiger partial charge in [0.15, 0.2) is 0 Å². The standard InChI is InChI=1S/C21H29N5O/c1-3-4-12-22-21-23-16(2)15-19(25-21)20(27)24-17-8-10-18(11-9-17)26-13-6-5-7-14-26/h8-11,15H,3-7,12-14H2,1-2H3,(H,24,27)(H,22,23,25). The van der Waals surface area contributed by atoms with Crippen molar-refractivity contribution in [1.82, 2.24) is 9.97 Å². The van der Waals surface area contributed by atoms with Crippen LogP contribution in [0.15, 0.2) is 30.3 Å². The highest BCUT2D eigenvalue weighted by atomic mass is 16.1. The molecule has 1 aromatic heterocycles. The molecule has 2 heterocycles. The molecule has 0 unspecified atom stereocenters. The van der Waals surface area contributed by atoms with Crippen molar-refractivity contribution in [2.24, 2.45) is 0 Å². The van der Waals surface area contributed by atoms with E-state index < -0.39 is 0 Å². The van der Waals surface area contributed by atoms with Crippen molar-refractivity contribution in [3.8, 4) is 0 Å². The van der Waals surface area contributed by atoms with Crippen LogP contribution < -0.4 is 15.5 Å². The molecule has 1 aromatic carbocycles. The average molecular weight is 367 g/mol. The Kier molecular flexibility index (Phi) is 6.63. The summed E-state index contributed by atoms with van der Waals surface area (Å²) in [5.41, 5.74) is 3.14. The third-order valence-corrected chi connectivity index (χ3v) is 4.75. The second kappa shape index (κ2) is 9.35. The Balaban J connectivity index is 1.64. The van der Waals surface area contributed by atoms with Crippen molar-refractivity contribution in [2.75, 3.05) is 35.2 Å². The number of piperidine rings is 1. The van der Waals surface area contributed by atoms with Gasteiger partial charge in [0.05, 0.1) is 0 Å². The van der Waals surface area contributed by atoms with Crippen molar-refractivity contribution in [3.05, 3.63) is 41.7 Å². The lowest BCUT2D eigenvalue weighted by Crippen LogP contribution is -2.29. The highest BCUT2D eigenvalue weighted by Gasteiger charge is 2.13. The van der Waals surface area contributed by atoms with Crippen LogP contribution in [0.1, 0.15) is 55.2 Å². The number of nitrogens with zero attached hydrogens (tertiary/aromatic N) is 3. The zero-order valence-corrected chi connectivity index (χ0v) is 16.3. The number of anilines is 3. The summed E-state index contributed by atoms with van der Waals surface area (Å²) in [6.07, 6.45) is 5.96. The summed E-state index contributed by atoms with van der Waals surface area (Å²) in [6, 6.07) is 9.77. The number of benzene rings is 1. The van der Waals surface area contributed by atoms with Crippen molar-refractivity contribution in [3.63, 3.8) is 0 Å². The summed E-state index contributed by atoms with van der Waals surface area (Å²) in [7, 11) is 0. The van der Waals surface area contributed by atoms with E-state index in [0.717, 1.165) is 43.9 Å². The molecule has 1 fully saturated rings. The van der Waals surface area contributed by atoms with E-state index in [4.69, 9.17) is 0 Å². The van der Waals surface area contributed by atoms with Crippen LogP contribution in [0.5, 0.6) is 0 Å². The predicted molar refractivity (Wildman–Crippen MR) is 111 cm³/mol. The SMILES string of the molecule is CCCCNc1nc(C)cc(C(=O)Nc2ccc(N3CCCCC3)cc2)n1. The topological polar surface area (TPSA) is 70.2 Å². The van der Waals surface area contributed by atoms with Crippen LogP contribution >= 0.6 is 0 Å². The van der Waals surface area contributed by atoms with E-state index >= 15 is 0 Å². The van der Waals surface area contributed by atoms with Crippen LogP contribution in [0.4, 0.5) is 17.3 Å². The number of rotatable bonds is 7. The van der Waals surface area contributed by atoms with Gasteiger partial charge in [0, 0.05) is 36.7 Å². The number of nitrogens with one attached hydrogen (secondary N) is 2. The second-order valence-electron chi connectivity index (χ2n) is 7.05. The number of carbonyl (C=O) groups excluding carboxylic acids is 1. The average Bonchev–Trinajstić information content (AvgIpc) is 2.69. The summed E-state index contributed by atoms with van der Waals surface area (Å²) in [5.74, 6) is 0.291. The molecular weight excluding hydrogens is 338 g/mol. The highest BCUT2D eigenvalue weighted by molar-refractivity contribution is 6.03. The molecule has 27 heavy (non-hydrogen) atoms. The number of amides is 1. The molecule has 6 nitrogen and oxygen atoms in total. The minimum atomic E-state index is -0.218. The largest absolute Gasteiger partial charge is 0.372 e. The molecule has 2 N–H and O–H groups in total. The molecule has 1 saturated heterocycles. The Morgan fingerprint density at radius 1 is 1.11 bits per heavy atom. The van der Waals surface area contributed by atoms with Gasteiger partial charge < -0.3 is 15.5 Å². The second-order valence-corrected chi connectivity index (χ2v) is 7.05. The van der Waals surface area contributed by atoms with E-state index in [1.807, 2.05) is 19.1 Å². The summed E-state index contributed by atoms with van der Waals surface area (Å²) >= 11 is 0. The third-order valence-electron chi connectivity index (χ3n) is 4.75. The maximum absolute atomic E-state index is 12.6. The fourth-order valence-electron chi connectivity index (χ4n) is 3.24. The number of aryl methyl sites for hydroxylation is 1. The third kappa shape index (κ3) is 5.42. The quantitative estimate of drug-likeness (QED) is 0.716. The Labute approximate surface area is 161 Å². The van der Waals surface area contributed by atoms with Crippen LogP contribution in [0, 0.1) is 6.92 Å². The molecular formula is C21H29N5O. The van der Waals surface area contributed by atoms with Gasteiger partial charge in [-0.25, -0.2) is 9.97 Å². The Hall–Kier alpha value is -2.63. The van der Waals surface area contributed by atoms with Gasteiger partial charge in [-0.3, -0.25) is 4.79 Å². The molecule has 3 rings (SSSR count). The first-order chi connectivity index (χ1) is 13.2. The number of hydrogen-bond donors (Lipinski definition) is 2. The smallest absolute Gasteiger partial charge is 0.274 e. The summed E-state index contributed by atoms with van der Waals surface area (Å²) in [4.78, 5) is 23.7. The molecule has 1 aliphatic heterocycles. The zero-order valence-electron chi connectivity index (χ0n) is 16.3. The van der Waals surface area contributed by atoms with Crippen molar-refractivity contribution in [1.29, 1.82) is 0 Å². The van der Waals surface area contributed by atoms with Gasteiger partial charge in [0.25, 0.3) is 5.91 Å². The monoisotopic (exact) mass is 367 g/mol. The first kappa shape index (κ1) is 19.1. The van der Waals surface area contributed by atoms with Crippen molar-refractivity contribution < 1.29 is 4.79 Å². The van der Waals surface area contributed by atoms with E-state index in [0.29, 0.717) is 11.6 Å². The minimum Gasteiger partial charge on any atom is -0.372 e. The molecule has 144 valence electrons. The minimum absolute atomic E-state index is 0.218. The lowest BCUT2D eigenvalue weighted by atomic mass is 10.1. The van der Waals surface area contributed by atoms with Crippen LogP contribution in [0.25, 0.3) is 0 Å². The van der Waals surface area contributed by atoms with Gasteiger partial charge in [-0.05, 0) is 62.9 Å². The lowest BCUT2D eigenvalue weighted by molar-refractivity contribution is 0.102. The summed E-state index contributed by atoms with van der Waals surface area (Å²) in [5, 5.41) is 6.12. The number of carbonyl (C=O) groups is 1. The van der Waals surface area contributed by atoms with Crippen molar-refractivity contribution >= 4 is 23.2 Å². The number of hydrogen-bond acceptors (Lipinski definition) is 5. The first-order valence-corrected chi connectivity index (χ1v) is 9.91. The van der Waals surface area contributed by atoms with Gasteiger partial charge in [0.1, 0.15) is 5.69 Å². The predicted octanol–water partition coefficient (Wildman–Crippen LogP) is 4.24. The van der Waals surface area contributed by atoms with E-state index in [9.17, 15) is 4.79 Å². The Bertz CT molecular complexity index is 754. The Morgan fingerprint density at radius 3 is 2.56 bits per heavy atom. The van der Waals surface area contributed by atoms with Crippen molar-refractivity contribution in [2.45, 2.75) is 46.0 Å². The molecule has 0 radical (unpaired) electrons. The maximum Gasteiger partial charge on any atom is 0.274 e. The zero-order chi connectivity index (χ0) is 19.1. The van der Waals surface area contributed by atoms with E-state index in [1.54, 1.807) is 6.07 Å². The van der Waals surface area contributed by atoms with Crippen LogP contribution in [-0.2, 0) is 0 Å². The lowest BCUT2D eigenvalue weighted by Gasteiger charge is -2.28. The first-order valence-electron chi connectivity index (χ1n) is 9.91. The van der Waals surface area contributed by atoms with Gasteiger partial charge in [-0.2, -0.15) is 0 Å². The molecule has 2 aromatic rings. The molecule has 6 heteroatoms. The number of unbranched alkanes of at least 4 members (excludes halogenated alkanes) is 1. The molecule has 0 bridgehead atoms. The Morgan fingerprint density at radius 2 is 1.85 bits per heavy atom. The van der Waals surface area contributed by atoms with Crippen LogP contribution in [-0.4, -0.2) is 35.5 Å². The number of aromatic nitrogens is 2. The van der Waals surface area contributed by atoms with Crippen LogP contribution in [0.3, 0.4) is 0 Å². The molecule has 1 aliphatic rings. The molecule has 0 atom stereocenters. The summed E-state index contributed by atoms with van der Waals surface area (Å²) < 4.78 is 0. The molecule has 0 saturated carbocycles. The normalized spacial score (nSPS) is 14.1. The van der Waals surface area contributed by atoms with E-state index in [2.05, 4.69) is 44.6 Å². The summed E-state index contributed by atoms with van der Waals surface area (Å²) in [6.45, 7) is 7.03. The molecule has 1 amide bonds. The maximum atomic E-state index is 12.6. The van der Waals surface area contributed by atoms with Gasteiger partial charge in [-0.1, -0.05) is 13.3 Å². The van der Waals surface area contributed by atoms with E-state index in [-0.39, 0.29) is 5.91 Å². The molecule has 0 spiro atoms. The van der Waals surface area contributed by atoms with Crippen LogP contribution in [0.2, 0.25) is 0 Å². The fraction of sp³-hybridized carbons (Fsp3) is 0.476.